The lowest BCUT2D eigenvalue weighted by Gasteiger charge is -2.20. The minimum atomic E-state index is -0.277. The Bertz CT molecular complexity index is 752. The molecule has 2 amide bonds. The number of carbonyl (C=O) groups excluding carboxylic acids is 2. The zero-order valence-corrected chi connectivity index (χ0v) is 14.9. The van der Waals surface area contributed by atoms with Gasteiger partial charge in [-0.1, -0.05) is 12.1 Å². The van der Waals surface area contributed by atoms with Crippen molar-refractivity contribution in [2.24, 2.45) is 5.92 Å². The average molecular weight is 343 g/mol. The van der Waals surface area contributed by atoms with Crippen molar-refractivity contribution in [2.75, 3.05) is 11.9 Å². The lowest BCUT2D eigenvalue weighted by Crippen LogP contribution is -2.33. The van der Waals surface area contributed by atoms with Gasteiger partial charge in [0.2, 0.25) is 11.8 Å². The first-order valence-electron chi connectivity index (χ1n) is 8.07. The zero-order chi connectivity index (χ0) is 17.3. The smallest absolute Gasteiger partial charge is 0.229 e. The molecule has 1 atom stereocenters. The molecule has 6 heteroatoms. The van der Waals surface area contributed by atoms with Crippen LogP contribution in [0.5, 0.6) is 0 Å². The number of thiazole rings is 1. The number of hydrogen-bond donors (Lipinski definition) is 1. The molecule has 1 unspecified atom stereocenters. The van der Waals surface area contributed by atoms with Crippen molar-refractivity contribution < 1.29 is 9.59 Å². The quantitative estimate of drug-likeness (QED) is 0.926. The maximum absolute atomic E-state index is 12.4. The fourth-order valence-electron chi connectivity index (χ4n) is 2.87. The van der Waals surface area contributed by atoms with Crippen LogP contribution in [0.4, 0.5) is 5.69 Å². The number of benzene rings is 1. The Balaban J connectivity index is 1.64. The molecule has 1 saturated heterocycles. The number of rotatable bonds is 4. The Morgan fingerprint density at radius 3 is 2.58 bits per heavy atom. The fourth-order valence-corrected chi connectivity index (χ4v) is 3.49. The molecule has 1 fully saturated rings. The first-order valence-corrected chi connectivity index (χ1v) is 8.95. The summed E-state index contributed by atoms with van der Waals surface area (Å²) in [7, 11) is 0. The molecule has 2 aromatic rings. The number of amides is 2. The summed E-state index contributed by atoms with van der Waals surface area (Å²) >= 11 is 1.62. The molecule has 1 aromatic heterocycles. The van der Waals surface area contributed by atoms with Crippen LogP contribution in [0.3, 0.4) is 0 Å². The lowest BCUT2D eigenvalue weighted by atomic mass is 10.1. The zero-order valence-electron chi connectivity index (χ0n) is 14.1. The van der Waals surface area contributed by atoms with E-state index in [4.69, 9.17) is 0 Å². The minimum absolute atomic E-state index is 0.0550. The second-order valence-corrected chi connectivity index (χ2v) is 7.42. The molecule has 1 aromatic carbocycles. The molecule has 1 N–H and O–H groups in total. The standard InChI is InChI=1S/C18H21N3O2S/c1-11(2)21-9-14(8-17(21)22)18(23)20-15-6-4-13(5-7-15)16-10-24-12(3)19-16/h4-7,10-11,14H,8-9H2,1-3H3,(H,20,23). The van der Waals surface area contributed by atoms with E-state index in [1.165, 1.54) is 0 Å². The van der Waals surface area contributed by atoms with Crippen LogP contribution in [0.1, 0.15) is 25.3 Å². The van der Waals surface area contributed by atoms with Gasteiger partial charge < -0.3 is 10.2 Å². The van der Waals surface area contributed by atoms with Crippen molar-refractivity contribution in [3.05, 3.63) is 34.7 Å². The van der Waals surface area contributed by atoms with E-state index in [0.29, 0.717) is 13.0 Å². The Hall–Kier alpha value is -2.21. The summed E-state index contributed by atoms with van der Waals surface area (Å²) < 4.78 is 0. The molecule has 0 saturated carbocycles. The van der Waals surface area contributed by atoms with Gasteiger partial charge in [-0.25, -0.2) is 4.98 Å². The van der Waals surface area contributed by atoms with Crippen LogP contribution in [-0.2, 0) is 9.59 Å². The van der Waals surface area contributed by atoms with Crippen molar-refractivity contribution in [1.29, 1.82) is 0 Å². The van der Waals surface area contributed by atoms with E-state index in [1.54, 1.807) is 16.2 Å². The van der Waals surface area contributed by atoms with Crippen LogP contribution in [-0.4, -0.2) is 34.3 Å². The molecule has 0 spiro atoms. The summed E-state index contributed by atoms with van der Waals surface area (Å²) in [4.78, 5) is 30.5. The van der Waals surface area contributed by atoms with Crippen LogP contribution >= 0.6 is 11.3 Å². The van der Waals surface area contributed by atoms with E-state index in [0.717, 1.165) is 22.0 Å². The van der Waals surface area contributed by atoms with Gasteiger partial charge in [-0.3, -0.25) is 9.59 Å². The van der Waals surface area contributed by atoms with E-state index in [2.05, 4.69) is 10.3 Å². The van der Waals surface area contributed by atoms with Gasteiger partial charge in [-0.15, -0.1) is 11.3 Å². The predicted octanol–water partition coefficient (Wildman–Crippen LogP) is 3.31. The topological polar surface area (TPSA) is 62.3 Å². The number of carbonyl (C=O) groups is 2. The van der Waals surface area contributed by atoms with Gasteiger partial charge in [0.1, 0.15) is 0 Å². The summed E-state index contributed by atoms with van der Waals surface area (Å²) in [5.74, 6) is -0.316. The third-order valence-electron chi connectivity index (χ3n) is 4.22. The number of aryl methyl sites for hydroxylation is 1. The molecular weight excluding hydrogens is 322 g/mol. The maximum Gasteiger partial charge on any atom is 0.229 e. The molecule has 24 heavy (non-hydrogen) atoms. The Kier molecular flexibility index (Phi) is 4.66. The highest BCUT2D eigenvalue weighted by atomic mass is 32.1. The SMILES string of the molecule is Cc1nc(-c2ccc(NC(=O)C3CC(=O)N(C(C)C)C3)cc2)cs1. The number of nitrogens with zero attached hydrogens (tertiary/aromatic N) is 2. The van der Waals surface area contributed by atoms with Crippen molar-refractivity contribution >= 4 is 28.8 Å². The highest BCUT2D eigenvalue weighted by Gasteiger charge is 2.35. The lowest BCUT2D eigenvalue weighted by molar-refractivity contribution is -0.129. The van der Waals surface area contributed by atoms with E-state index >= 15 is 0 Å². The van der Waals surface area contributed by atoms with Gasteiger partial charge in [0.25, 0.3) is 0 Å². The minimum Gasteiger partial charge on any atom is -0.339 e. The molecule has 1 aliphatic rings. The molecule has 3 rings (SSSR count). The van der Waals surface area contributed by atoms with Gasteiger partial charge in [0.15, 0.2) is 0 Å². The van der Waals surface area contributed by atoms with Crippen LogP contribution in [0, 0.1) is 12.8 Å². The highest BCUT2D eigenvalue weighted by Crippen LogP contribution is 2.25. The summed E-state index contributed by atoms with van der Waals surface area (Å²) in [6.45, 7) is 6.42. The van der Waals surface area contributed by atoms with Gasteiger partial charge in [-0.2, -0.15) is 0 Å². The van der Waals surface area contributed by atoms with Crippen molar-refractivity contribution in [2.45, 2.75) is 33.2 Å². The third kappa shape index (κ3) is 3.48. The summed E-state index contributed by atoms with van der Waals surface area (Å²) in [6, 6.07) is 7.78. The Morgan fingerprint density at radius 1 is 1.33 bits per heavy atom. The second kappa shape index (κ2) is 6.73. The molecule has 2 heterocycles. The van der Waals surface area contributed by atoms with Crippen molar-refractivity contribution in [3.8, 4) is 11.3 Å². The first-order chi connectivity index (χ1) is 11.4. The van der Waals surface area contributed by atoms with E-state index in [9.17, 15) is 9.59 Å². The predicted molar refractivity (Wildman–Crippen MR) is 95.9 cm³/mol. The number of hydrogen-bond acceptors (Lipinski definition) is 4. The van der Waals surface area contributed by atoms with Crippen LogP contribution in [0.2, 0.25) is 0 Å². The molecule has 5 nitrogen and oxygen atoms in total. The number of anilines is 1. The Labute approximate surface area is 145 Å². The average Bonchev–Trinajstić information content (AvgIpc) is 3.14. The van der Waals surface area contributed by atoms with E-state index in [-0.39, 0.29) is 23.8 Å². The van der Waals surface area contributed by atoms with Crippen LogP contribution in [0.15, 0.2) is 29.6 Å². The van der Waals surface area contributed by atoms with Gasteiger partial charge in [0.05, 0.1) is 16.6 Å². The summed E-state index contributed by atoms with van der Waals surface area (Å²) in [5.41, 5.74) is 2.72. The summed E-state index contributed by atoms with van der Waals surface area (Å²) in [5, 5.41) is 5.96. The maximum atomic E-state index is 12.4. The van der Waals surface area contributed by atoms with Gasteiger partial charge >= 0.3 is 0 Å². The molecule has 126 valence electrons. The van der Waals surface area contributed by atoms with E-state index < -0.39 is 0 Å². The molecule has 1 aliphatic heterocycles. The number of aromatic nitrogens is 1. The largest absolute Gasteiger partial charge is 0.339 e. The van der Waals surface area contributed by atoms with E-state index in [1.807, 2.05) is 50.4 Å². The first kappa shape index (κ1) is 16.6. The normalized spacial score (nSPS) is 17.6. The molecule has 0 radical (unpaired) electrons. The van der Waals surface area contributed by atoms with Crippen molar-refractivity contribution in [3.63, 3.8) is 0 Å². The third-order valence-corrected chi connectivity index (χ3v) is 4.99. The second-order valence-electron chi connectivity index (χ2n) is 6.36. The van der Waals surface area contributed by atoms with Crippen LogP contribution in [0.25, 0.3) is 11.3 Å². The fraction of sp³-hybridized carbons (Fsp3) is 0.389. The highest BCUT2D eigenvalue weighted by molar-refractivity contribution is 7.09. The Morgan fingerprint density at radius 2 is 2.04 bits per heavy atom. The van der Waals surface area contributed by atoms with Gasteiger partial charge in [-0.05, 0) is 32.9 Å². The molecule has 0 aliphatic carbocycles. The molecule has 0 bridgehead atoms. The summed E-state index contributed by atoms with van der Waals surface area (Å²) in [6.07, 6.45) is 0.292. The van der Waals surface area contributed by atoms with Gasteiger partial charge in [0, 0.05) is 35.6 Å². The van der Waals surface area contributed by atoms with Crippen molar-refractivity contribution in [1.82, 2.24) is 9.88 Å². The number of nitrogens with one attached hydrogen (secondary N) is 1. The number of likely N-dealkylation sites (tertiary alicyclic amines) is 1. The van der Waals surface area contributed by atoms with Crippen LogP contribution < -0.4 is 5.32 Å². The molecular formula is C18H21N3O2S. The monoisotopic (exact) mass is 343 g/mol.